The molecule has 11 aromatic rings. The lowest BCUT2D eigenvalue weighted by molar-refractivity contribution is 0.489. The van der Waals surface area contributed by atoms with Gasteiger partial charge in [0, 0.05) is 21.5 Å². The Morgan fingerprint density at radius 3 is 1.38 bits per heavy atom. The maximum atomic E-state index is 7.12. The quantitative estimate of drug-likeness (QED) is 0.169. The van der Waals surface area contributed by atoms with Gasteiger partial charge in [-0.25, -0.2) is 0 Å². The van der Waals surface area contributed by atoms with Crippen molar-refractivity contribution in [2.75, 3.05) is 0 Å². The summed E-state index contributed by atoms with van der Waals surface area (Å²) in [6, 6.07) is 64.3. The number of para-hydroxylation sites is 5. The molecule has 0 atom stereocenters. The summed E-state index contributed by atoms with van der Waals surface area (Å²) in [7, 11) is 0. The number of rotatable bonds is 3. The zero-order chi connectivity index (χ0) is 37.9. The van der Waals surface area contributed by atoms with Crippen molar-refractivity contribution in [3.8, 4) is 57.0 Å². The summed E-state index contributed by atoms with van der Waals surface area (Å²) in [5.41, 5.74) is 13.3. The lowest BCUT2D eigenvalue weighted by Gasteiger charge is -2.29. The largest absolute Gasteiger partial charge is 0.458 e. The molecule has 5 heterocycles. The predicted octanol–water partition coefficient (Wildman–Crippen LogP) is 10.0. The number of hydrogen-bond acceptors (Lipinski definition) is 4. The number of ether oxygens (including phenoxy) is 1. The fourth-order valence-electron chi connectivity index (χ4n) is 9.72. The fraction of sp³-hybridized carbons (Fsp3) is 0. The Labute approximate surface area is 333 Å². The standard InChI is InChI=1S/C51H30BN5O/c1-2-16-32-31(15-1)33-17-3-8-24-40(33)52-41-25-13-23-39(48(41)58-46-30-14-22-38(32)47(46)52)49-53-50(56-42-26-9-4-18-34(42)35-19-5-10-27-43(35)56)55-51(54-49)57-44-28-11-6-20-36(44)37-21-7-12-29-45(37)57/h1-30H. The highest BCUT2D eigenvalue weighted by molar-refractivity contribution is 6.98. The molecule has 0 fully saturated rings. The minimum Gasteiger partial charge on any atom is -0.458 e. The van der Waals surface area contributed by atoms with Crippen LogP contribution < -0.4 is 21.1 Å². The van der Waals surface area contributed by atoms with E-state index in [-0.39, 0.29) is 6.71 Å². The first-order chi connectivity index (χ1) is 28.8. The molecule has 0 saturated carbocycles. The van der Waals surface area contributed by atoms with Crippen LogP contribution in [-0.4, -0.2) is 30.8 Å². The summed E-state index contributed by atoms with van der Waals surface area (Å²) in [6.45, 7) is -0.0750. The van der Waals surface area contributed by atoms with E-state index in [0.717, 1.165) is 66.1 Å². The molecular weight excluding hydrogens is 709 g/mol. The second-order valence-corrected chi connectivity index (χ2v) is 15.1. The van der Waals surface area contributed by atoms with Gasteiger partial charge in [-0.05, 0) is 69.6 Å². The Morgan fingerprint density at radius 2 is 0.793 bits per heavy atom. The van der Waals surface area contributed by atoms with E-state index in [4.69, 9.17) is 19.7 Å². The normalized spacial score (nSPS) is 12.6. The van der Waals surface area contributed by atoms with Gasteiger partial charge in [-0.3, -0.25) is 9.13 Å². The van der Waals surface area contributed by atoms with Gasteiger partial charge in [0.1, 0.15) is 11.5 Å². The maximum absolute atomic E-state index is 7.12. The van der Waals surface area contributed by atoms with Gasteiger partial charge >= 0.3 is 0 Å². The molecule has 2 aliphatic heterocycles. The molecule has 0 saturated heterocycles. The molecule has 0 aliphatic carbocycles. The Hall–Kier alpha value is -7.77. The zero-order valence-corrected chi connectivity index (χ0v) is 31.0. The van der Waals surface area contributed by atoms with Crippen molar-refractivity contribution in [1.29, 1.82) is 0 Å². The Bertz CT molecular complexity index is 3290. The lowest BCUT2D eigenvalue weighted by atomic mass is 9.34. The molecule has 0 amide bonds. The summed E-state index contributed by atoms with van der Waals surface area (Å²) in [5.74, 6) is 3.19. The van der Waals surface area contributed by atoms with Crippen LogP contribution in [0.1, 0.15) is 0 Å². The first-order valence-electron chi connectivity index (χ1n) is 19.7. The molecule has 3 aromatic heterocycles. The average molecular weight is 740 g/mol. The van der Waals surface area contributed by atoms with E-state index in [1.165, 1.54) is 33.2 Å². The van der Waals surface area contributed by atoms with Crippen molar-refractivity contribution in [3.63, 3.8) is 0 Å². The highest BCUT2D eigenvalue weighted by atomic mass is 16.5. The van der Waals surface area contributed by atoms with Gasteiger partial charge in [0.25, 0.3) is 6.71 Å². The van der Waals surface area contributed by atoms with Crippen LogP contribution >= 0.6 is 0 Å². The van der Waals surface area contributed by atoms with Gasteiger partial charge in [-0.15, -0.1) is 0 Å². The highest BCUT2D eigenvalue weighted by Gasteiger charge is 2.39. The lowest BCUT2D eigenvalue weighted by Crippen LogP contribution is -2.55. The summed E-state index contributed by atoms with van der Waals surface area (Å²) in [6.07, 6.45) is 0. The molecule has 8 aromatic carbocycles. The molecule has 58 heavy (non-hydrogen) atoms. The van der Waals surface area contributed by atoms with Crippen LogP contribution in [0.3, 0.4) is 0 Å². The van der Waals surface area contributed by atoms with E-state index >= 15 is 0 Å². The van der Waals surface area contributed by atoms with Gasteiger partial charge in [0.05, 0.1) is 27.6 Å². The summed E-state index contributed by atoms with van der Waals surface area (Å²) < 4.78 is 11.5. The van der Waals surface area contributed by atoms with Crippen LogP contribution in [0.4, 0.5) is 0 Å². The van der Waals surface area contributed by atoms with Crippen LogP contribution in [-0.2, 0) is 0 Å². The molecule has 0 unspecified atom stereocenters. The SMILES string of the molecule is c1ccc2c(c1)B1c3cccc(-c4nc(-n5c6ccccc6c6ccccc65)nc(-n5c6ccccc6c6ccccc65)n4)c3Oc3cccc(c31)-c1ccccc1-2. The number of aromatic nitrogens is 5. The maximum Gasteiger partial charge on any atom is 0.252 e. The molecular formula is C51H30BN5O. The minimum atomic E-state index is -0.0750. The third-order valence-electron chi connectivity index (χ3n) is 12.1. The topological polar surface area (TPSA) is 57.8 Å². The monoisotopic (exact) mass is 739 g/mol. The van der Waals surface area contributed by atoms with E-state index < -0.39 is 0 Å². The smallest absolute Gasteiger partial charge is 0.252 e. The van der Waals surface area contributed by atoms with Crippen molar-refractivity contribution < 1.29 is 4.74 Å². The first kappa shape index (κ1) is 31.4. The number of hydrogen-bond donors (Lipinski definition) is 0. The zero-order valence-electron chi connectivity index (χ0n) is 31.0. The van der Waals surface area contributed by atoms with E-state index in [1.807, 2.05) is 0 Å². The molecule has 0 radical (unpaired) electrons. The Balaban J connectivity index is 1.12. The summed E-state index contributed by atoms with van der Waals surface area (Å²) in [5, 5.41) is 4.55. The van der Waals surface area contributed by atoms with E-state index in [2.05, 4.69) is 191 Å². The molecule has 0 N–H and O–H groups in total. The number of benzene rings is 8. The van der Waals surface area contributed by atoms with Gasteiger partial charge in [-0.1, -0.05) is 151 Å². The third kappa shape index (κ3) is 4.30. The van der Waals surface area contributed by atoms with Crippen molar-refractivity contribution in [2.45, 2.75) is 0 Å². The Kier molecular flexibility index (Phi) is 6.43. The van der Waals surface area contributed by atoms with Gasteiger partial charge in [0.2, 0.25) is 11.9 Å². The second kappa shape index (κ2) is 11.9. The summed E-state index contributed by atoms with van der Waals surface area (Å²) >= 11 is 0. The van der Waals surface area contributed by atoms with Gasteiger partial charge < -0.3 is 4.74 Å². The molecule has 0 spiro atoms. The molecule has 6 nitrogen and oxygen atoms in total. The molecule has 0 bridgehead atoms. The summed E-state index contributed by atoms with van der Waals surface area (Å²) in [4.78, 5) is 16.2. The molecule has 7 heteroatoms. The van der Waals surface area contributed by atoms with Crippen molar-refractivity contribution >= 4 is 66.7 Å². The first-order valence-corrected chi connectivity index (χ1v) is 19.7. The van der Waals surface area contributed by atoms with Gasteiger partial charge in [0.15, 0.2) is 5.82 Å². The van der Waals surface area contributed by atoms with Crippen LogP contribution in [0.2, 0.25) is 0 Å². The molecule has 268 valence electrons. The molecule has 13 rings (SSSR count). The Morgan fingerprint density at radius 1 is 0.362 bits per heavy atom. The fourth-order valence-corrected chi connectivity index (χ4v) is 9.72. The minimum absolute atomic E-state index is 0.0750. The average Bonchev–Trinajstić information content (AvgIpc) is 3.77. The second-order valence-electron chi connectivity index (χ2n) is 15.1. The van der Waals surface area contributed by atoms with Crippen LogP contribution in [0.25, 0.3) is 89.2 Å². The van der Waals surface area contributed by atoms with Gasteiger partial charge in [-0.2, -0.15) is 15.0 Å². The van der Waals surface area contributed by atoms with Crippen LogP contribution in [0.15, 0.2) is 182 Å². The van der Waals surface area contributed by atoms with Crippen molar-refractivity contribution in [1.82, 2.24) is 24.1 Å². The number of nitrogens with zero attached hydrogens (tertiary/aromatic N) is 5. The van der Waals surface area contributed by atoms with E-state index in [9.17, 15) is 0 Å². The third-order valence-corrected chi connectivity index (χ3v) is 12.1. The molecule has 2 aliphatic rings. The predicted molar refractivity (Wildman–Crippen MR) is 236 cm³/mol. The van der Waals surface area contributed by atoms with Crippen LogP contribution in [0, 0.1) is 0 Å². The number of fused-ring (bicyclic) bond motifs is 13. The van der Waals surface area contributed by atoms with Crippen LogP contribution in [0.5, 0.6) is 11.5 Å². The van der Waals surface area contributed by atoms with E-state index in [0.29, 0.717) is 17.7 Å². The van der Waals surface area contributed by atoms with Crippen molar-refractivity contribution in [3.05, 3.63) is 182 Å². The van der Waals surface area contributed by atoms with E-state index in [1.54, 1.807) is 0 Å². The van der Waals surface area contributed by atoms with Crippen molar-refractivity contribution in [2.24, 2.45) is 0 Å². The highest BCUT2D eigenvalue weighted by Crippen LogP contribution is 2.41.